The number of hydrogen-bond acceptors (Lipinski definition) is 1. The van der Waals surface area contributed by atoms with E-state index >= 15 is 0 Å². The van der Waals surface area contributed by atoms with Gasteiger partial charge in [-0.3, -0.25) is 0 Å². The van der Waals surface area contributed by atoms with E-state index in [0.717, 1.165) is 0 Å². The first-order chi connectivity index (χ1) is 7.49. The molecular formula is C8H10F8S. The summed E-state index contributed by atoms with van der Waals surface area (Å²) >= 11 is 0.401. The van der Waals surface area contributed by atoms with E-state index in [2.05, 4.69) is 0 Å². The highest BCUT2D eigenvalue weighted by Crippen LogP contribution is 2.27. The van der Waals surface area contributed by atoms with Crippen molar-refractivity contribution in [2.45, 2.75) is 37.5 Å². The van der Waals surface area contributed by atoms with Crippen LogP contribution in [-0.2, 0) is 0 Å². The van der Waals surface area contributed by atoms with Gasteiger partial charge in [-0.1, -0.05) is 0 Å². The van der Waals surface area contributed by atoms with E-state index in [4.69, 9.17) is 0 Å². The monoisotopic (exact) mass is 290 g/mol. The van der Waals surface area contributed by atoms with Gasteiger partial charge in [0, 0.05) is 11.5 Å². The summed E-state index contributed by atoms with van der Waals surface area (Å²) in [6.07, 6.45) is -17.1. The van der Waals surface area contributed by atoms with Crippen molar-refractivity contribution in [2.75, 3.05) is 11.5 Å². The summed E-state index contributed by atoms with van der Waals surface area (Å²) in [5.74, 6) is -1.34. The Morgan fingerprint density at radius 1 is 0.706 bits per heavy atom. The second-order valence-corrected chi connectivity index (χ2v) is 4.45. The molecule has 0 saturated carbocycles. The molecule has 0 amide bonds. The molecule has 0 rings (SSSR count). The Labute approximate surface area is 96.7 Å². The minimum atomic E-state index is -4.67. The Hall–Kier alpha value is -0.210. The summed E-state index contributed by atoms with van der Waals surface area (Å²) < 4.78 is 95.1. The summed E-state index contributed by atoms with van der Waals surface area (Å²) in [4.78, 5) is 0. The summed E-state index contributed by atoms with van der Waals surface area (Å²) in [6, 6.07) is 0. The molecule has 104 valence electrons. The van der Waals surface area contributed by atoms with Crippen molar-refractivity contribution in [2.24, 2.45) is 0 Å². The molecule has 2 unspecified atom stereocenters. The Morgan fingerprint density at radius 3 is 1.24 bits per heavy atom. The van der Waals surface area contributed by atoms with Gasteiger partial charge in [0.25, 0.3) is 0 Å². The topological polar surface area (TPSA) is 0 Å². The van der Waals surface area contributed by atoms with Crippen LogP contribution in [0, 0.1) is 0 Å². The van der Waals surface area contributed by atoms with Crippen LogP contribution >= 0.6 is 11.8 Å². The molecule has 2 atom stereocenters. The van der Waals surface area contributed by atoms with Gasteiger partial charge in [-0.2, -0.15) is 38.1 Å². The molecule has 0 aromatic heterocycles. The molecule has 0 fully saturated rings. The van der Waals surface area contributed by atoms with Gasteiger partial charge in [-0.15, -0.1) is 0 Å². The van der Waals surface area contributed by atoms with Crippen molar-refractivity contribution in [3.63, 3.8) is 0 Å². The van der Waals surface area contributed by atoms with E-state index < -0.39 is 49.0 Å². The Bertz CT molecular complexity index is 189. The largest absolute Gasteiger partial charge is 0.391 e. The van der Waals surface area contributed by atoms with Gasteiger partial charge in [0.1, 0.15) is 12.3 Å². The molecule has 0 aliphatic rings. The Morgan fingerprint density at radius 2 is 1.00 bits per heavy atom. The van der Waals surface area contributed by atoms with Gasteiger partial charge in [0.2, 0.25) is 0 Å². The minimum Gasteiger partial charge on any atom is -0.246 e. The standard InChI is InChI=1S/C8H10F8S/c9-5(1-7(11,12)13)3-17-4-6(10)2-8(14,15)16/h5-6H,1-4H2. The van der Waals surface area contributed by atoms with Crippen LogP contribution in [0.4, 0.5) is 35.1 Å². The van der Waals surface area contributed by atoms with Crippen LogP contribution in [0.5, 0.6) is 0 Å². The highest BCUT2D eigenvalue weighted by molar-refractivity contribution is 7.99. The van der Waals surface area contributed by atoms with Gasteiger partial charge < -0.3 is 0 Å². The maximum Gasteiger partial charge on any atom is 0.391 e. The normalized spacial score (nSPS) is 16.9. The molecule has 17 heavy (non-hydrogen) atoms. The maximum absolute atomic E-state index is 12.6. The summed E-state index contributed by atoms with van der Waals surface area (Å²) in [5.41, 5.74) is 0. The third kappa shape index (κ3) is 12.0. The van der Waals surface area contributed by atoms with Crippen molar-refractivity contribution in [1.29, 1.82) is 0 Å². The van der Waals surface area contributed by atoms with Crippen LogP contribution in [0.2, 0.25) is 0 Å². The van der Waals surface area contributed by atoms with Gasteiger partial charge in [0.15, 0.2) is 0 Å². The van der Waals surface area contributed by atoms with Gasteiger partial charge in [0.05, 0.1) is 12.8 Å². The van der Waals surface area contributed by atoms with Crippen molar-refractivity contribution in [1.82, 2.24) is 0 Å². The van der Waals surface area contributed by atoms with Crippen molar-refractivity contribution >= 4 is 11.8 Å². The first kappa shape index (κ1) is 16.8. The molecule has 0 nitrogen and oxygen atoms in total. The number of halogens is 8. The van der Waals surface area contributed by atoms with Crippen molar-refractivity contribution < 1.29 is 35.1 Å². The lowest BCUT2D eigenvalue weighted by molar-refractivity contribution is -0.144. The van der Waals surface area contributed by atoms with E-state index in [1.807, 2.05) is 0 Å². The fraction of sp³-hybridized carbons (Fsp3) is 1.00. The van der Waals surface area contributed by atoms with Crippen LogP contribution in [-0.4, -0.2) is 36.2 Å². The zero-order valence-corrected chi connectivity index (χ0v) is 9.23. The molecule has 0 spiro atoms. The Balaban J connectivity index is 3.70. The SMILES string of the molecule is FC(CSCC(F)CC(F)(F)F)CC(F)(F)F. The third-order valence-corrected chi connectivity index (χ3v) is 2.70. The van der Waals surface area contributed by atoms with Crippen molar-refractivity contribution in [3.05, 3.63) is 0 Å². The van der Waals surface area contributed by atoms with Crippen LogP contribution < -0.4 is 0 Å². The molecule has 0 bridgehead atoms. The lowest BCUT2D eigenvalue weighted by Crippen LogP contribution is -2.20. The second kappa shape index (κ2) is 6.65. The van der Waals surface area contributed by atoms with Crippen molar-refractivity contribution in [3.8, 4) is 0 Å². The van der Waals surface area contributed by atoms with E-state index in [-0.39, 0.29) is 0 Å². The van der Waals surface area contributed by atoms with Gasteiger partial charge in [-0.25, -0.2) is 8.78 Å². The zero-order valence-electron chi connectivity index (χ0n) is 8.42. The predicted molar refractivity (Wildman–Crippen MR) is 48.5 cm³/mol. The zero-order chi connectivity index (χ0) is 13.7. The van der Waals surface area contributed by atoms with Crippen LogP contribution in [0.15, 0.2) is 0 Å². The molecule has 0 aromatic carbocycles. The molecule has 9 heteroatoms. The average Bonchev–Trinajstić information content (AvgIpc) is 1.95. The smallest absolute Gasteiger partial charge is 0.246 e. The number of rotatable bonds is 6. The highest BCUT2D eigenvalue weighted by atomic mass is 32.2. The van der Waals surface area contributed by atoms with E-state index in [9.17, 15) is 35.1 Å². The molecule has 0 saturated heterocycles. The predicted octanol–water partition coefficient (Wildman–Crippen LogP) is 4.30. The molecular weight excluding hydrogens is 280 g/mol. The van der Waals surface area contributed by atoms with Gasteiger partial charge in [-0.05, 0) is 0 Å². The molecule has 0 radical (unpaired) electrons. The fourth-order valence-corrected chi connectivity index (χ4v) is 1.83. The quantitative estimate of drug-likeness (QED) is 0.657. The molecule has 0 heterocycles. The summed E-state index contributed by atoms with van der Waals surface area (Å²) in [5, 5.41) is 0. The van der Waals surface area contributed by atoms with E-state index in [1.54, 1.807) is 0 Å². The third-order valence-electron chi connectivity index (χ3n) is 1.50. The van der Waals surface area contributed by atoms with Crippen LogP contribution in [0.3, 0.4) is 0 Å². The molecule has 0 aliphatic heterocycles. The minimum absolute atomic E-state index is 0.401. The fourth-order valence-electron chi connectivity index (χ4n) is 0.944. The Kier molecular flexibility index (Phi) is 6.57. The van der Waals surface area contributed by atoms with Crippen LogP contribution in [0.25, 0.3) is 0 Å². The van der Waals surface area contributed by atoms with Gasteiger partial charge >= 0.3 is 12.4 Å². The summed E-state index contributed by atoms with van der Waals surface area (Å²) in [7, 11) is 0. The maximum atomic E-state index is 12.6. The van der Waals surface area contributed by atoms with E-state index in [0.29, 0.717) is 11.8 Å². The van der Waals surface area contributed by atoms with E-state index in [1.165, 1.54) is 0 Å². The summed E-state index contributed by atoms with van der Waals surface area (Å²) in [6.45, 7) is 0. The first-order valence-corrected chi connectivity index (χ1v) is 5.64. The highest BCUT2D eigenvalue weighted by Gasteiger charge is 2.33. The number of thioether (sulfide) groups is 1. The lowest BCUT2D eigenvalue weighted by atomic mass is 10.3. The molecule has 0 N–H and O–H groups in total. The lowest BCUT2D eigenvalue weighted by Gasteiger charge is -2.13. The number of alkyl halides is 8. The molecule has 0 aromatic rings. The van der Waals surface area contributed by atoms with Crippen LogP contribution in [0.1, 0.15) is 12.8 Å². The average molecular weight is 290 g/mol. The first-order valence-electron chi connectivity index (χ1n) is 4.49. The second-order valence-electron chi connectivity index (χ2n) is 3.37. The number of hydrogen-bond donors (Lipinski definition) is 0. The molecule has 0 aliphatic carbocycles.